The van der Waals surface area contributed by atoms with Gasteiger partial charge in [-0.3, -0.25) is 9.59 Å². The fraction of sp³-hybridized carbons (Fsp3) is 0.364. The van der Waals surface area contributed by atoms with E-state index in [9.17, 15) is 9.59 Å². The van der Waals surface area contributed by atoms with Crippen LogP contribution in [0.3, 0.4) is 0 Å². The first-order chi connectivity index (χ1) is 14.0. The summed E-state index contributed by atoms with van der Waals surface area (Å²) in [5.74, 6) is -0.0838. The standard InChI is InChI=1S/C22H26Cl2N2O3/c1-3-13-25-22(28)19(4-2)26(14-16-9-5-6-10-17(16)23)21(27)15-29-20-12-8-7-11-18(20)24/h5-12,19H,3-4,13-15H2,1-2H3,(H,25,28)/t19-/m1/s1. The lowest BCUT2D eigenvalue weighted by Crippen LogP contribution is -2.50. The minimum absolute atomic E-state index is 0.188. The number of halogens is 2. The molecule has 0 aliphatic rings. The van der Waals surface area contributed by atoms with Crippen molar-refractivity contribution in [3.63, 3.8) is 0 Å². The minimum atomic E-state index is -0.625. The predicted molar refractivity (Wildman–Crippen MR) is 116 cm³/mol. The molecular weight excluding hydrogens is 411 g/mol. The van der Waals surface area contributed by atoms with E-state index in [1.807, 2.05) is 32.0 Å². The fourth-order valence-electron chi connectivity index (χ4n) is 2.88. The van der Waals surface area contributed by atoms with Crippen LogP contribution in [-0.4, -0.2) is 35.9 Å². The lowest BCUT2D eigenvalue weighted by molar-refractivity contribution is -0.143. The number of hydrogen-bond donors (Lipinski definition) is 1. The lowest BCUT2D eigenvalue weighted by Gasteiger charge is -2.30. The van der Waals surface area contributed by atoms with Crippen LogP contribution in [0.25, 0.3) is 0 Å². The summed E-state index contributed by atoms with van der Waals surface area (Å²) in [6.07, 6.45) is 1.29. The number of rotatable bonds is 10. The van der Waals surface area contributed by atoms with Crippen LogP contribution in [0.2, 0.25) is 10.0 Å². The van der Waals surface area contributed by atoms with E-state index >= 15 is 0 Å². The monoisotopic (exact) mass is 436 g/mol. The minimum Gasteiger partial charge on any atom is -0.482 e. The molecule has 0 spiro atoms. The molecule has 0 fully saturated rings. The number of para-hydroxylation sites is 1. The van der Waals surface area contributed by atoms with Gasteiger partial charge >= 0.3 is 0 Å². The Bertz CT molecular complexity index is 829. The van der Waals surface area contributed by atoms with Crippen LogP contribution in [-0.2, 0) is 16.1 Å². The highest BCUT2D eigenvalue weighted by Crippen LogP contribution is 2.24. The largest absolute Gasteiger partial charge is 0.482 e. The maximum Gasteiger partial charge on any atom is 0.261 e. The molecule has 0 aliphatic carbocycles. The van der Waals surface area contributed by atoms with Crippen molar-refractivity contribution in [1.82, 2.24) is 10.2 Å². The van der Waals surface area contributed by atoms with Gasteiger partial charge in [0.25, 0.3) is 5.91 Å². The van der Waals surface area contributed by atoms with Gasteiger partial charge in [-0.2, -0.15) is 0 Å². The van der Waals surface area contributed by atoms with Gasteiger partial charge in [-0.1, -0.05) is 67.4 Å². The number of nitrogens with one attached hydrogen (secondary N) is 1. The van der Waals surface area contributed by atoms with E-state index in [1.165, 1.54) is 4.90 Å². The van der Waals surface area contributed by atoms with Crippen LogP contribution in [0, 0.1) is 0 Å². The second-order valence-corrected chi connectivity index (χ2v) is 7.36. The molecule has 156 valence electrons. The van der Waals surface area contributed by atoms with Crippen LogP contribution >= 0.6 is 23.2 Å². The normalized spacial score (nSPS) is 11.6. The van der Waals surface area contributed by atoms with Crippen molar-refractivity contribution >= 4 is 35.0 Å². The topological polar surface area (TPSA) is 58.6 Å². The number of benzene rings is 2. The zero-order chi connectivity index (χ0) is 21.2. The Morgan fingerprint density at radius 1 is 1.03 bits per heavy atom. The molecule has 0 aliphatic heterocycles. The molecule has 0 aromatic heterocycles. The second kappa shape index (κ2) is 11.7. The summed E-state index contributed by atoms with van der Waals surface area (Å²) in [5, 5.41) is 3.84. The van der Waals surface area contributed by atoms with Gasteiger partial charge in [0.05, 0.1) is 5.02 Å². The van der Waals surface area contributed by atoms with Crippen LogP contribution < -0.4 is 10.1 Å². The third-order valence-corrected chi connectivity index (χ3v) is 5.10. The van der Waals surface area contributed by atoms with Gasteiger partial charge in [0.2, 0.25) is 5.91 Å². The number of nitrogens with zero attached hydrogens (tertiary/aromatic N) is 1. The Morgan fingerprint density at radius 3 is 2.31 bits per heavy atom. The van der Waals surface area contributed by atoms with E-state index in [1.54, 1.807) is 30.3 Å². The van der Waals surface area contributed by atoms with Gasteiger partial charge in [-0.05, 0) is 36.6 Å². The van der Waals surface area contributed by atoms with Crippen molar-refractivity contribution < 1.29 is 14.3 Å². The molecule has 2 aromatic carbocycles. The number of amides is 2. The molecule has 7 heteroatoms. The summed E-state index contributed by atoms with van der Waals surface area (Å²) in [4.78, 5) is 27.3. The molecule has 0 unspecified atom stereocenters. The van der Waals surface area contributed by atoms with Crippen molar-refractivity contribution in [3.8, 4) is 5.75 Å². The summed E-state index contributed by atoms with van der Waals surface area (Å²) in [5.41, 5.74) is 0.766. The molecule has 29 heavy (non-hydrogen) atoms. The molecule has 0 radical (unpaired) electrons. The highest BCUT2D eigenvalue weighted by atomic mass is 35.5. The van der Waals surface area contributed by atoms with Crippen molar-refractivity contribution in [1.29, 1.82) is 0 Å². The van der Waals surface area contributed by atoms with E-state index in [-0.39, 0.29) is 25.0 Å². The Morgan fingerprint density at radius 2 is 1.69 bits per heavy atom. The smallest absolute Gasteiger partial charge is 0.261 e. The summed E-state index contributed by atoms with van der Waals surface area (Å²) in [6, 6.07) is 13.6. The first-order valence-electron chi connectivity index (χ1n) is 9.65. The SMILES string of the molecule is CCCNC(=O)[C@@H](CC)N(Cc1ccccc1Cl)C(=O)COc1ccccc1Cl. The Balaban J connectivity index is 2.22. The first-order valence-corrected chi connectivity index (χ1v) is 10.4. The number of carbonyl (C=O) groups excluding carboxylic acids is 2. The fourth-order valence-corrected chi connectivity index (χ4v) is 3.27. The van der Waals surface area contributed by atoms with Crippen molar-refractivity contribution in [2.45, 2.75) is 39.3 Å². The number of carbonyl (C=O) groups is 2. The van der Waals surface area contributed by atoms with Crippen molar-refractivity contribution in [2.24, 2.45) is 0 Å². The average molecular weight is 437 g/mol. The highest BCUT2D eigenvalue weighted by molar-refractivity contribution is 6.32. The van der Waals surface area contributed by atoms with Crippen LogP contribution in [0.1, 0.15) is 32.3 Å². The van der Waals surface area contributed by atoms with E-state index in [2.05, 4.69) is 5.32 Å². The summed E-state index contributed by atoms with van der Waals surface area (Å²) < 4.78 is 5.62. The molecule has 0 bridgehead atoms. The van der Waals surface area contributed by atoms with Gasteiger partial charge in [0.15, 0.2) is 6.61 Å². The van der Waals surface area contributed by atoms with E-state index < -0.39 is 6.04 Å². The van der Waals surface area contributed by atoms with Gasteiger partial charge in [0.1, 0.15) is 11.8 Å². The molecule has 1 atom stereocenters. The van der Waals surface area contributed by atoms with Crippen molar-refractivity contribution in [3.05, 3.63) is 64.1 Å². The van der Waals surface area contributed by atoms with Gasteiger partial charge in [-0.15, -0.1) is 0 Å². The molecular formula is C22H26Cl2N2O3. The molecule has 2 amide bonds. The molecule has 0 heterocycles. The van der Waals surface area contributed by atoms with E-state index in [4.69, 9.17) is 27.9 Å². The zero-order valence-electron chi connectivity index (χ0n) is 16.7. The Kier molecular flexibility index (Phi) is 9.29. The third-order valence-electron chi connectivity index (χ3n) is 4.42. The average Bonchev–Trinajstić information content (AvgIpc) is 2.72. The predicted octanol–water partition coefficient (Wildman–Crippen LogP) is 4.71. The molecule has 2 rings (SSSR count). The molecule has 0 saturated heterocycles. The van der Waals surface area contributed by atoms with Gasteiger partial charge in [-0.25, -0.2) is 0 Å². The maximum atomic E-state index is 13.1. The Hall–Kier alpha value is -2.24. The van der Waals surface area contributed by atoms with Crippen LogP contribution in [0.5, 0.6) is 5.75 Å². The first kappa shape index (κ1) is 23.0. The number of hydrogen-bond acceptors (Lipinski definition) is 3. The van der Waals surface area contributed by atoms with E-state index in [0.29, 0.717) is 28.8 Å². The molecule has 0 saturated carbocycles. The molecule has 1 N–H and O–H groups in total. The highest BCUT2D eigenvalue weighted by Gasteiger charge is 2.29. The van der Waals surface area contributed by atoms with Gasteiger partial charge in [0, 0.05) is 18.1 Å². The number of ether oxygens (including phenoxy) is 1. The summed E-state index contributed by atoms with van der Waals surface area (Å²) >= 11 is 12.4. The zero-order valence-corrected chi connectivity index (χ0v) is 18.2. The van der Waals surface area contributed by atoms with Crippen LogP contribution in [0.15, 0.2) is 48.5 Å². The van der Waals surface area contributed by atoms with Gasteiger partial charge < -0.3 is 15.0 Å². The third kappa shape index (κ3) is 6.65. The van der Waals surface area contributed by atoms with Crippen LogP contribution in [0.4, 0.5) is 0 Å². The summed E-state index contributed by atoms with van der Waals surface area (Å²) in [6.45, 7) is 4.39. The molecule has 2 aromatic rings. The second-order valence-electron chi connectivity index (χ2n) is 6.55. The van der Waals surface area contributed by atoms with E-state index in [0.717, 1.165) is 12.0 Å². The Labute approximate surface area is 181 Å². The maximum absolute atomic E-state index is 13.1. The quantitative estimate of drug-likeness (QED) is 0.586. The molecule has 5 nitrogen and oxygen atoms in total. The summed E-state index contributed by atoms with van der Waals surface area (Å²) in [7, 11) is 0. The van der Waals surface area contributed by atoms with Crippen molar-refractivity contribution in [2.75, 3.05) is 13.2 Å². The lowest BCUT2D eigenvalue weighted by atomic mass is 10.1.